The Bertz CT molecular complexity index is 264. The minimum Gasteiger partial charge on any atom is -0.335 e. The van der Waals surface area contributed by atoms with Crippen molar-refractivity contribution in [3.63, 3.8) is 0 Å². The first kappa shape index (κ1) is 13.7. The van der Waals surface area contributed by atoms with Crippen molar-refractivity contribution in [2.24, 2.45) is 0 Å². The van der Waals surface area contributed by atoms with Gasteiger partial charge in [-0.1, -0.05) is 19.3 Å². The topological polar surface area (TPSA) is 44.4 Å². The Morgan fingerprint density at radius 3 is 2.67 bits per heavy atom. The van der Waals surface area contributed by atoms with Gasteiger partial charge in [-0.25, -0.2) is 4.79 Å². The molecule has 1 saturated carbocycles. The van der Waals surface area contributed by atoms with Gasteiger partial charge >= 0.3 is 6.03 Å². The van der Waals surface area contributed by atoms with Crippen LogP contribution in [0.5, 0.6) is 0 Å². The molecule has 1 atom stereocenters. The molecule has 4 heteroatoms. The van der Waals surface area contributed by atoms with Crippen LogP contribution in [0.25, 0.3) is 0 Å². The second-order valence-electron chi connectivity index (χ2n) is 5.67. The molecule has 0 bridgehead atoms. The Kier molecular flexibility index (Phi) is 5.29. The van der Waals surface area contributed by atoms with Crippen molar-refractivity contribution in [2.75, 3.05) is 20.1 Å². The molecule has 1 aliphatic heterocycles. The van der Waals surface area contributed by atoms with Crippen molar-refractivity contribution in [1.29, 1.82) is 0 Å². The van der Waals surface area contributed by atoms with Crippen LogP contribution in [0.2, 0.25) is 0 Å². The van der Waals surface area contributed by atoms with Crippen molar-refractivity contribution in [3.05, 3.63) is 0 Å². The van der Waals surface area contributed by atoms with Crippen molar-refractivity contribution in [1.82, 2.24) is 15.5 Å². The first-order valence-electron chi connectivity index (χ1n) is 7.53. The summed E-state index contributed by atoms with van der Waals surface area (Å²) in [5.41, 5.74) is 0. The van der Waals surface area contributed by atoms with Gasteiger partial charge in [0.1, 0.15) is 0 Å². The fraction of sp³-hybridized carbons (Fsp3) is 0.929. The molecule has 4 nitrogen and oxygen atoms in total. The number of hydrogen-bond donors (Lipinski definition) is 2. The SMILES string of the molecule is CNCCC1CCCN1C(=O)NC1CCCCC1. The molecule has 104 valence electrons. The predicted octanol–water partition coefficient (Wildman–Crippen LogP) is 2.10. The molecule has 2 fully saturated rings. The minimum absolute atomic E-state index is 0.181. The van der Waals surface area contributed by atoms with Crippen LogP contribution in [0, 0.1) is 0 Å². The van der Waals surface area contributed by atoms with Gasteiger partial charge in [0, 0.05) is 18.6 Å². The lowest BCUT2D eigenvalue weighted by molar-refractivity contribution is 0.182. The molecule has 1 saturated heterocycles. The molecule has 1 unspecified atom stereocenters. The number of rotatable bonds is 4. The number of nitrogens with one attached hydrogen (secondary N) is 2. The van der Waals surface area contributed by atoms with Crippen LogP contribution in [-0.4, -0.2) is 43.2 Å². The van der Waals surface area contributed by atoms with Gasteiger partial charge < -0.3 is 15.5 Å². The molecule has 18 heavy (non-hydrogen) atoms. The van der Waals surface area contributed by atoms with E-state index in [1.807, 2.05) is 7.05 Å². The molecule has 0 spiro atoms. The lowest BCUT2D eigenvalue weighted by atomic mass is 9.96. The minimum atomic E-state index is 0.181. The highest BCUT2D eigenvalue weighted by Crippen LogP contribution is 2.22. The van der Waals surface area contributed by atoms with Gasteiger partial charge in [0.2, 0.25) is 0 Å². The predicted molar refractivity (Wildman–Crippen MR) is 73.7 cm³/mol. The quantitative estimate of drug-likeness (QED) is 0.806. The van der Waals surface area contributed by atoms with E-state index in [1.54, 1.807) is 0 Å². The molecule has 2 N–H and O–H groups in total. The molecule has 0 radical (unpaired) electrons. The summed E-state index contributed by atoms with van der Waals surface area (Å²) in [7, 11) is 1.97. The number of likely N-dealkylation sites (tertiary alicyclic amines) is 1. The Hall–Kier alpha value is -0.770. The summed E-state index contributed by atoms with van der Waals surface area (Å²) >= 11 is 0. The van der Waals surface area contributed by atoms with Gasteiger partial charge in [0.15, 0.2) is 0 Å². The Balaban J connectivity index is 1.79. The summed E-state index contributed by atoms with van der Waals surface area (Å²) in [5.74, 6) is 0. The Morgan fingerprint density at radius 2 is 1.94 bits per heavy atom. The van der Waals surface area contributed by atoms with Crippen LogP contribution in [0.3, 0.4) is 0 Å². The third kappa shape index (κ3) is 3.61. The molecule has 2 aliphatic rings. The molecule has 1 aliphatic carbocycles. The number of hydrogen-bond acceptors (Lipinski definition) is 2. The van der Waals surface area contributed by atoms with E-state index in [9.17, 15) is 4.79 Å². The second-order valence-corrected chi connectivity index (χ2v) is 5.67. The molecule has 1 heterocycles. The number of nitrogens with zero attached hydrogens (tertiary/aromatic N) is 1. The van der Waals surface area contributed by atoms with E-state index >= 15 is 0 Å². The molecule has 2 rings (SSSR count). The Labute approximate surface area is 110 Å². The van der Waals surface area contributed by atoms with Crippen molar-refractivity contribution >= 4 is 6.03 Å². The van der Waals surface area contributed by atoms with Gasteiger partial charge in [-0.05, 0) is 45.7 Å². The van der Waals surface area contributed by atoms with Crippen molar-refractivity contribution < 1.29 is 4.79 Å². The van der Waals surface area contributed by atoms with Gasteiger partial charge in [0.25, 0.3) is 0 Å². The van der Waals surface area contributed by atoms with E-state index in [2.05, 4.69) is 15.5 Å². The summed E-state index contributed by atoms with van der Waals surface area (Å²) in [6, 6.07) is 1.05. The first-order valence-corrected chi connectivity index (χ1v) is 7.53. The molecular formula is C14H27N3O. The van der Waals surface area contributed by atoms with E-state index in [-0.39, 0.29) is 6.03 Å². The summed E-state index contributed by atoms with van der Waals surface area (Å²) in [4.78, 5) is 14.3. The number of amides is 2. The number of carbonyl (C=O) groups is 1. The van der Waals surface area contributed by atoms with E-state index < -0.39 is 0 Å². The molecule has 0 aromatic heterocycles. The smallest absolute Gasteiger partial charge is 0.317 e. The second kappa shape index (κ2) is 6.98. The maximum atomic E-state index is 12.3. The lowest BCUT2D eigenvalue weighted by Gasteiger charge is -2.29. The normalized spacial score (nSPS) is 25.4. The lowest BCUT2D eigenvalue weighted by Crippen LogP contribution is -2.47. The maximum absolute atomic E-state index is 12.3. The van der Waals surface area contributed by atoms with Crippen LogP contribution >= 0.6 is 0 Å². The summed E-state index contributed by atoms with van der Waals surface area (Å²) < 4.78 is 0. The highest BCUT2D eigenvalue weighted by atomic mass is 16.2. The highest BCUT2D eigenvalue weighted by molar-refractivity contribution is 5.75. The van der Waals surface area contributed by atoms with Crippen LogP contribution < -0.4 is 10.6 Å². The monoisotopic (exact) mass is 253 g/mol. The standard InChI is InChI=1S/C14H27N3O/c1-15-10-9-13-8-5-11-17(13)14(18)16-12-6-3-2-4-7-12/h12-13,15H,2-11H2,1H3,(H,16,18). The van der Waals surface area contributed by atoms with E-state index in [4.69, 9.17) is 0 Å². The fourth-order valence-corrected chi connectivity index (χ4v) is 3.22. The van der Waals surface area contributed by atoms with Gasteiger partial charge in [0.05, 0.1) is 0 Å². The molecule has 0 aromatic rings. The third-order valence-corrected chi connectivity index (χ3v) is 4.30. The largest absolute Gasteiger partial charge is 0.335 e. The number of carbonyl (C=O) groups excluding carboxylic acids is 1. The van der Waals surface area contributed by atoms with E-state index in [1.165, 1.54) is 38.5 Å². The molecular weight excluding hydrogens is 226 g/mol. The van der Waals surface area contributed by atoms with Gasteiger partial charge in [-0.3, -0.25) is 0 Å². The zero-order valence-corrected chi connectivity index (χ0v) is 11.6. The first-order chi connectivity index (χ1) is 8.81. The van der Waals surface area contributed by atoms with Crippen molar-refractivity contribution in [2.45, 2.75) is 63.5 Å². The van der Waals surface area contributed by atoms with Crippen LogP contribution in [-0.2, 0) is 0 Å². The van der Waals surface area contributed by atoms with Crippen molar-refractivity contribution in [3.8, 4) is 0 Å². The average molecular weight is 253 g/mol. The molecule has 2 amide bonds. The fourth-order valence-electron chi connectivity index (χ4n) is 3.22. The van der Waals surface area contributed by atoms with Crippen LogP contribution in [0.15, 0.2) is 0 Å². The van der Waals surface area contributed by atoms with Crippen LogP contribution in [0.1, 0.15) is 51.4 Å². The van der Waals surface area contributed by atoms with E-state index in [0.717, 1.165) is 25.9 Å². The number of urea groups is 1. The zero-order valence-electron chi connectivity index (χ0n) is 11.6. The summed E-state index contributed by atoms with van der Waals surface area (Å²) in [5, 5.41) is 6.41. The molecule has 0 aromatic carbocycles. The van der Waals surface area contributed by atoms with Gasteiger partial charge in [-0.15, -0.1) is 0 Å². The summed E-state index contributed by atoms with van der Waals surface area (Å²) in [6.45, 7) is 1.94. The Morgan fingerprint density at radius 1 is 1.17 bits per heavy atom. The maximum Gasteiger partial charge on any atom is 0.317 e. The summed E-state index contributed by atoms with van der Waals surface area (Å²) in [6.07, 6.45) is 9.62. The third-order valence-electron chi connectivity index (χ3n) is 4.30. The van der Waals surface area contributed by atoms with Crippen LogP contribution in [0.4, 0.5) is 4.79 Å². The zero-order chi connectivity index (χ0) is 12.8. The average Bonchev–Trinajstić information content (AvgIpc) is 2.86. The highest BCUT2D eigenvalue weighted by Gasteiger charge is 2.29. The van der Waals surface area contributed by atoms with E-state index in [0.29, 0.717) is 12.1 Å². The van der Waals surface area contributed by atoms with Gasteiger partial charge in [-0.2, -0.15) is 0 Å².